The maximum atomic E-state index is 9.09. The molecule has 0 N–H and O–H groups in total. The summed E-state index contributed by atoms with van der Waals surface area (Å²) in [6, 6.07) is 21.6. The lowest BCUT2D eigenvalue weighted by Crippen LogP contribution is -2.35. The number of aryl methyl sites for hydroxylation is 1. The Balaban J connectivity index is 1.59. The van der Waals surface area contributed by atoms with Crippen molar-refractivity contribution >= 4 is 32.6 Å². The second-order valence-corrected chi connectivity index (χ2v) is 12.5. The number of nitrogens with zero attached hydrogens (tertiary/aromatic N) is 2. The second-order valence-electron chi connectivity index (χ2n) is 12.5. The molecule has 3 aromatic carbocycles. The Kier molecular flexibility index (Phi) is 5.43. The lowest BCUT2D eigenvalue weighted by atomic mass is 9.71. The van der Waals surface area contributed by atoms with E-state index in [-0.39, 0.29) is 0 Å². The summed E-state index contributed by atoms with van der Waals surface area (Å²) in [5, 5.41) is 4.90. The predicted octanol–water partition coefficient (Wildman–Crippen LogP) is 9.32. The highest BCUT2D eigenvalue weighted by Crippen LogP contribution is 2.43. The van der Waals surface area contributed by atoms with Gasteiger partial charge < -0.3 is 4.57 Å². The maximum absolute atomic E-state index is 9.09. The van der Waals surface area contributed by atoms with Gasteiger partial charge in [0.15, 0.2) is 5.69 Å². The van der Waals surface area contributed by atoms with E-state index in [2.05, 4.69) is 112 Å². The first-order chi connectivity index (χ1) is 18.1. The first-order valence-corrected chi connectivity index (χ1v) is 14.0. The highest BCUT2D eigenvalue weighted by molar-refractivity contribution is 6.10. The van der Waals surface area contributed by atoms with Gasteiger partial charge in [-0.25, -0.2) is 0 Å². The summed E-state index contributed by atoms with van der Waals surface area (Å²) in [6.07, 6.45) is 5.04. The Morgan fingerprint density at radius 3 is 2.38 bits per heavy atom. The van der Waals surface area contributed by atoms with Gasteiger partial charge in [-0.2, -0.15) is 4.57 Å². The third kappa shape index (κ3) is 3.97. The minimum atomic E-state index is 0.360. The van der Waals surface area contributed by atoms with Crippen molar-refractivity contribution in [3.05, 3.63) is 77.5 Å². The van der Waals surface area contributed by atoms with Crippen molar-refractivity contribution < 1.29 is 5.94 Å². The fourth-order valence-electron chi connectivity index (χ4n) is 6.78. The minimum Gasteiger partial charge on any atom is -0.338 e. The van der Waals surface area contributed by atoms with E-state index < -0.39 is 0 Å². The van der Waals surface area contributed by atoms with Crippen molar-refractivity contribution in [2.45, 2.75) is 79.2 Å². The van der Waals surface area contributed by atoms with Crippen LogP contribution in [0.5, 0.6) is 0 Å². The largest absolute Gasteiger partial charge is 0.338 e. The van der Waals surface area contributed by atoms with Crippen LogP contribution in [0.2, 0.25) is 0 Å². The number of fused-ring (bicyclic) bond motifs is 4. The lowest BCUT2D eigenvalue weighted by molar-refractivity contribution is -0.665. The number of pyridine rings is 1. The van der Waals surface area contributed by atoms with E-state index in [0.717, 1.165) is 11.1 Å². The zero-order valence-corrected chi connectivity index (χ0v) is 23.6. The van der Waals surface area contributed by atoms with Gasteiger partial charge in [-0.3, -0.25) is 0 Å². The molecule has 2 aromatic heterocycles. The van der Waals surface area contributed by atoms with Gasteiger partial charge >= 0.3 is 0 Å². The summed E-state index contributed by atoms with van der Waals surface area (Å²) in [6.45, 7) is 13.7. The van der Waals surface area contributed by atoms with Gasteiger partial charge in [0.05, 0.1) is 17.8 Å². The third-order valence-electron chi connectivity index (χ3n) is 9.09. The molecule has 0 amide bonds. The molecule has 1 aliphatic rings. The number of para-hydroxylation sites is 1. The van der Waals surface area contributed by atoms with Gasteiger partial charge in [0.2, 0.25) is 5.69 Å². The molecule has 5 aromatic rings. The first kappa shape index (κ1) is 23.0. The number of benzene rings is 3. The molecule has 37 heavy (non-hydrogen) atoms. The molecule has 2 nitrogen and oxygen atoms in total. The maximum Gasteiger partial charge on any atom is 0.220 e. The fraction of sp³-hybridized carbons (Fsp3) is 0.400. The molecule has 0 atom stereocenters. The molecule has 0 unspecified atom stereocenters. The van der Waals surface area contributed by atoms with Crippen LogP contribution in [0.25, 0.3) is 43.8 Å². The van der Waals surface area contributed by atoms with Crippen LogP contribution in [0.15, 0.2) is 60.6 Å². The Bertz CT molecular complexity index is 1710. The monoisotopic (exact) mass is 490 g/mol. The van der Waals surface area contributed by atoms with Crippen LogP contribution in [0.3, 0.4) is 0 Å². The summed E-state index contributed by atoms with van der Waals surface area (Å²) >= 11 is 0. The van der Waals surface area contributed by atoms with Gasteiger partial charge in [0.25, 0.3) is 0 Å². The molecule has 0 aliphatic heterocycles. The fourth-order valence-corrected chi connectivity index (χ4v) is 6.78. The summed E-state index contributed by atoms with van der Waals surface area (Å²) in [4.78, 5) is 0. The second kappa shape index (κ2) is 8.72. The van der Waals surface area contributed by atoms with Crippen LogP contribution in [0, 0.1) is 19.3 Å². The molecule has 0 radical (unpaired) electrons. The van der Waals surface area contributed by atoms with E-state index in [0.29, 0.717) is 23.4 Å². The summed E-state index contributed by atoms with van der Waals surface area (Å²) < 4.78 is 13.8. The summed E-state index contributed by atoms with van der Waals surface area (Å²) in [5.41, 5.74) is 9.20. The van der Waals surface area contributed by atoms with Gasteiger partial charge in [0, 0.05) is 35.3 Å². The van der Waals surface area contributed by atoms with Crippen molar-refractivity contribution in [1.29, 1.82) is 0 Å². The van der Waals surface area contributed by atoms with Crippen LogP contribution in [0.4, 0.5) is 0 Å². The molecule has 1 fully saturated rings. The average molecular weight is 491 g/mol. The molecule has 1 saturated carbocycles. The molecule has 0 saturated heterocycles. The van der Waals surface area contributed by atoms with Crippen molar-refractivity contribution in [2.75, 3.05) is 0 Å². The molecule has 6 rings (SSSR count). The van der Waals surface area contributed by atoms with E-state index in [1.54, 1.807) is 0 Å². The molecule has 0 spiro atoms. The zero-order chi connectivity index (χ0) is 26.9. The number of rotatable bonds is 3. The van der Waals surface area contributed by atoms with Crippen molar-refractivity contribution in [3.63, 3.8) is 0 Å². The number of hydrogen-bond acceptors (Lipinski definition) is 0. The Morgan fingerprint density at radius 1 is 0.919 bits per heavy atom. The number of hydrogen-bond donors (Lipinski definition) is 0. The Morgan fingerprint density at radius 2 is 1.65 bits per heavy atom. The van der Waals surface area contributed by atoms with Crippen molar-refractivity contribution in [2.24, 2.45) is 12.5 Å². The van der Waals surface area contributed by atoms with E-state index in [1.807, 2.05) is 0 Å². The van der Waals surface area contributed by atoms with E-state index >= 15 is 0 Å². The summed E-state index contributed by atoms with van der Waals surface area (Å²) in [7, 11) is 2.13. The van der Waals surface area contributed by atoms with Crippen LogP contribution in [-0.2, 0) is 7.05 Å². The number of aromatic nitrogens is 2. The average Bonchev–Trinajstić information content (AvgIpc) is 3.21. The molecular weight excluding hydrogens is 448 g/mol. The first-order valence-electron chi connectivity index (χ1n) is 14.5. The van der Waals surface area contributed by atoms with Crippen molar-refractivity contribution in [1.82, 2.24) is 4.57 Å². The van der Waals surface area contributed by atoms with Gasteiger partial charge in [-0.05, 0) is 98.6 Å². The van der Waals surface area contributed by atoms with Crippen molar-refractivity contribution in [3.8, 4) is 11.3 Å². The van der Waals surface area contributed by atoms with E-state index in [9.17, 15) is 0 Å². The molecule has 1 aliphatic carbocycles. The Labute approximate surface area is 223 Å². The lowest BCUT2D eigenvalue weighted by Gasteiger charge is -2.34. The SMILES string of the molecule is [2H]c1c(C)[n+](C)c(-c2cc3c(cc2C)c2ccccc2n3C(C)C)c2ccc(C3CCC(C)(C)CC3)cc12. The standard InChI is InChI=1S/C35H41N2/c1-22(2)37-32-11-9-8-10-29(32)31-18-23(3)30(21-33(31)37)34-28-13-12-26(20-27(28)19-24(4)36(34)7)25-14-16-35(5,6)17-15-25/h8-13,18-22,25H,14-17H2,1-7H3/q+1/i19D. The smallest absolute Gasteiger partial charge is 0.220 e. The highest BCUT2D eigenvalue weighted by Gasteiger charge is 2.28. The minimum absolute atomic E-state index is 0.360. The normalized spacial score (nSPS) is 16.8. The van der Waals surface area contributed by atoms with Gasteiger partial charge in [-0.1, -0.05) is 44.2 Å². The van der Waals surface area contributed by atoms with Gasteiger partial charge in [-0.15, -0.1) is 0 Å². The third-order valence-corrected chi connectivity index (χ3v) is 9.09. The molecule has 2 heterocycles. The van der Waals surface area contributed by atoms with E-state index in [1.165, 1.54) is 75.3 Å². The van der Waals surface area contributed by atoms with Crippen LogP contribution >= 0.6 is 0 Å². The Hall–Kier alpha value is -3.13. The molecule has 2 heteroatoms. The topological polar surface area (TPSA) is 8.81 Å². The van der Waals surface area contributed by atoms with Crippen LogP contribution < -0.4 is 4.57 Å². The molecular formula is C35H41N2+. The highest BCUT2D eigenvalue weighted by atomic mass is 15.0. The molecule has 0 bridgehead atoms. The van der Waals surface area contributed by atoms with Crippen LogP contribution in [0.1, 0.15) is 83.5 Å². The van der Waals surface area contributed by atoms with Crippen LogP contribution in [-0.4, -0.2) is 4.57 Å². The van der Waals surface area contributed by atoms with E-state index in [4.69, 9.17) is 1.37 Å². The molecule has 190 valence electrons. The quantitative estimate of drug-likeness (QED) is 0.223. The zero-order valence-electron chi connectivity index (χ0n) is 24.6. The van der Waals surface area contributed by atoms with Gasteiger partial charge in [0.1, 0.15) is 7.05 Å². The summed E-state index contributed by atoms with van der Waals surface area (Å²) in [5.74, 6) is 0.601. The predicted molar refractivity (Wildman–Crippen MR) is 158 cm³/mol.